The summed E-state index contributed by atoms with van der Waals surface area (Å²) in [6.07, 6.45) is 0.948. The van der Waals surface area contributed by atoms with Gasteiger partial charge in [0, 0.05) is 23.9 Å². The van der Waals surface area contributed by atoms with E-state index in [0.29, 0.717) is 12.1 Å². The highest BCUT2D eigenvalue weighted by Gasteiger charge is 2.21. The number of nitro groups is 1. The molecule has 1 unspecified atom stereocenters. The van der Waals surface area contributed by atoms with Gasteiger partial charge in [0.25, 0.3) is 5.69 Å². The lowest BCUT2D eigenvalue weighted by molar-refractivity contribution is -0.385. The van der Waals surface area contributed by atoms with Gasteiger partial charge in [-0.3, -0.25) is 19.8 Å². The Bertz CT molecular complexity index is 744. The lowest BCUT2D eigenvalue weighted by Crippen LogP contribution is -2.39. The van der Waals surface area contributed by atoms with E-state index in [1.165, 1.54) is 11.6 Å². The van der Waals surface area contributed by atoms with Crippen LogP contribution < -0.4 is 5.32 Å². The number of benzene rings is 2. The molecular weight excluding hydrogens is 318 g/mol. The van der Waals surface area contributed by atoms with Crippen molar-refractivity contribution in [3.63, 3.8) is 0 Å². The molecule has 2 aromatic carbocycles. The second-order valence-electron chi connectivity index (χ2n) is 6.02. The molecule has 0 aliphatic rings. The maximum atomic E-state index is 12.4. The van der Waals surface area contributed by atoms with Gasteiger partial charge in [0.05, 0.1) is 11.0 Å². The molecule has 132 valence electrons. The predicted molar refractivity (Wildman–Crippen MR) is 98.5 cm³/mol. The Hall–Kier alpha value is -2.73. The molecule has 0 saturated heterocycles. The molecule has 1 N–H and O–H groups in total. The van der Waals surface area contributed by atoms with Crippen molar-refractivity contribution in [1.82, 2.24) is 4.90 Å². The highest BCUT2D eigenvalue weighted by Crippen LogP contribution is 2.20. The second kappa shape index (κ2) is 8.39. The zero-order valence-electron chi connectivity index (χ0n) is 14.7. The summed E-state index contributed by atoms with van der Waals surface area (Å²) in [4.78, 5) is 24.9. The van der Waals surface area contributed by atoms with Crippen LogP contribution in [0.15, 0.2) is 48.5 Å². The van der Waals surface area contributed by atoms with Crippen molar-refractivity contribution >= 4 is 17.3 Å². The van der Waals surface area contributed by atoms with Gasteiger partial charge in [0.1, 0.15) is 0 Å². The normalized spacial score (nSPS) is 12.0. The number of hydrogen-bond donors (Lipinski definition) is 1. The van der Waals surface area contributed by atoms with E-state index in [9.17, 15) is 14.9 Å². The SMILES string of the molecule is CCc1ccc(NC(=O)C(C)N(C)Cc2ccccc2[N+](=O)[O-])cc1. The Morgan fingerprint density at radius 2 is 1.84 bits per heavy atom. The van der Waals surface area contributed by atoms with E-state index < -0.39 is 11.0 Å². The molecule has 0 aliphatic carbocycles. The molecule has 0 heterocycles. The number of amides is 1. The number of likely N-dealkylation sites (N-methyl/N-ethyl adjacent to an activating group) is 1. The fourth-order valence-electron chi connectivity index (χ4n) is 2.50. The molecule has 0 aromatic heterocycles. The number of carbonyl (C=O) groups is 1. The summed E-state index contributed by atoms with van der Waals surface area (Å²) in [6.45, 7) is 4.18. The first-order chi connectivity index (χ1) is 11.9. The molecule has 2 rings (SSSR count). The molecule has 0 radical (unpaired) electrons. The van der Waals surface area contributed by atoms with E-state index in [-0.39, 0.29) is 11.6 Å². The van der Waals surface area contributed by atoms with Crippen molar-refractivity contribution in [3.05, 3.63) is 69.8 Å². The van der Waals surface area contributed by atoms with E-state index in [1.54, 1.807) is 37.1 Å². The number of nitrogens with one attached hydrogen (secondary N) is 1. The van der Waals surface area contributed by atoms with Gasteiger partial charge >= 0.3 is 0 Å². The summed E-state index contributed by atoms with van der Waals surface area (Å²) in [5.74, 6) is -0.148. The fraction of sp³-hybridized carbons (Fsp3) is 0.316. The summed E-state index contributed by atoms with van der Waals surface area (Å²) < 4.78 is 0. The Morgan fingerprint density at radius 1 is 1.20 bits per heavy atom. The number of rotatable bonds is 7. The maximum Gasteiger partial charge on any atom is 0.273 e. The Kier molecular flexibility index (Phi) is 6.25. The summed E-state index contributed by atoms with van der Waals surface area (Å²) in [5, 5.41) is 14.0. The molecular formula is C19H23N3O3. The van der Waals surface area contributed by atoms with E-state index in [1.807, 2.05) is 24.3 Å². The molecule has 0 saturated carbocycles. The molecule has 1 atom stereocenters. The number of nitrogens with zero attached hydrogens (tertiary/aromatic N) is 2. The molecule has 0 fully saturated rings. The van der Waals surface area contributed by atoms with Gasteiger partial charge in [-0.25, -0.2) is 0 Å². The number of carbonyl (C=O) groups excluding carboxylic acids is 1. The molecule has 0 bridgehead atoms. The van der Waals surface area contributed by atoms with Crippen LogP contribution in [0.1, 0.15) is 25.0 Å². The van der Waals surface area contributed by atoms with Crippen LogP contribution in [0.3, 0.4) is 0 Å². The molecule has 1 amide bonds. The predicted octanol–water partition coefficient (Wildman–Crippen LogP) is 3.62. The minimum absolute atomic E-state index is 0.0668. The molecule has 6 heteroatoms. The summed E-state index contributed by atoms with van der Waals surface area (Å²) in [6, 6.07) is 13.9. The van der Waals surface area contributed by atoms with Crippen molar-refractivity contribution in [2.45, 2.75) is 32.9 Å². The molecule has 2 aromatic rings. The van der Waals surface area contributed by atoms with Crippen LogP contribution in [0.25, 0.3) is 0 Å². The third kappa shape index (κ3) is 4.87. The summed E-state index contributed by atoms with van der Waals surface area (Å²) >= 11 is 0. The van der Waals surface area contributed by atoms with Gasteiger partial charge in [0.15, 0.2) is 0 Å². The zero-order valence-corrected chi connectivity index (χ0v) is 14.7. The lowest BCUT2D eigenvalue weighted by atomic mass is 10.1. The third-order valence-corrected chi connectivity index (χ3v) is 4.28. The maximum absolute atomic E-state index is 12.4. The molecule has 25 heavy (non-hydrogen) atoms. The Labute approximate surface area is 147 Å². The first-order valence-corrected chi connectivity index (χ1v) is 8.24. The highest BCUT2D eigenvalue weighted by molar-refractivity contribution is 5.94. The van der Waals surface area contributed by atoms with E-state index >= 15 is 0 Å². The monoisotopic (exact) mass is 341 g/mol. The first kappa shape index (κ1) is 18.6. The molecule has 0 spiro atoms. The fourth-order valence-corrected chi connectivity index (χ4v) is 2.50. The Morgan fingerprint density at radius 3 is 2.44 bits per heavy atom. The van der Waals surface area contributed by atoms with E-state index in [0.717, 1.165) is 12.1 Å². The van der Waals surface area contributed by atoms with Gasteiger partial charge in [-0.1, -0.05) is 37.3 Å². The van der Waals surface area contributed by atoms with Crippen molar-refractivity contribution in [2.24, 2.45) is 0 Å². The minimum Gasteiger partial charge on any atom is -0.325 e. The van der Waals surface area contributed by atoms with Crippen LogP contribution in [0.4, 0.5) is 11.4 Å². The molecule has 0 aliphatic heterocycles. The van der Waals surface area contributed by atoms with Gasteiger partial charge in [0.2, 0.25) is 5.91 Å². The largest absolute Gasteiger partial charge is 0.325 e. The lowest BCUT2D eigenvalue weighted by Gasteiger charge is -2.23. The number of anilines is 1. The van der Waals surface area contributed by atoms with Crippen molar-refractivity contribution in [3.8, 4) is 0 Å². The topological polar surface area (TPSA) is 75.5 Å². The van der Waals surface area contributed by atoms with Gasteiger partial charge in [-0.2, -0.15) is 0 Å². The van der Waals surface area contributed by atoms with Gasteiger partial charge in [-0.05, 0) is 38.1 Å². The first-order valence-electron chi connectivity index (χ1n) is 8.24. The van der Waals surface area contributed by atoms with Crippen molar-refractivity contribution < 1.29 is 9.72 Å². The third-order valence-electron chi connectivity index (χ3n) is 4.28. The second-order valence-corrected chi connectivity index (χ2v) is 6.02. The van der Waals surface area contributed by atoms with Crippen LogP contribution in [0.5, 0.6) is 0 Å². The van der Waals surface area contributed by atoms with E-state index in [4.69, 9.17) is 0 Å². The number of nitro benzene ring substituents is 1. The van der Waals surface area contributed by atoms with Gasteiger partial charge < -0.3 is 5.32 Å². The number of para-hydroxylation sites is 1. The number of hydrogen-bond acceptors (Lipinski definition) is 4. The van der Waals surface area contributed by atoms with Crippen LogP contribution >= 0.6 is 0 Å². The zero-order chi connectivity index (χ0) is 18.4. The number of aryl methyl sites for hydroxylation is 1. The Balaban J connectivity index is 2.02. The minimum atomic E-state index is -0.425. The standard InChI is InChI=1S/C19H23N3O3/c1-4-15-9-11-17(12-10-15)20-19(23)14(2)21(3)13-16-7-5-6-8-18(16)22(24)25/h5-12,14H,4,13H2,1-3H3,(H,20,23). The average molecular weight is 341 g/mol. The van der Waals surface area contributed by atoms with Crippen molar-refractivity contribution in [2.75, 3.05) is 12.4 Å². The molecule has 6 nitrogen and oxygen atoms in total. The van der Waals surface area contributed by atoms with Crippen molar-refractivity contribution in [1.29, 1.82) is 0 Å². The van der Waals surface area contributed by atoms with Crippen LogP contribution in [0.2, 0.25) is 0 Å². The van der Waals surface area contributed by atoms with Gasteiger partial charge in [-0.15, -0.1) is 0 Å². The van der Waals surface area contributed by atoms with Crippen LogP contribution in [0, 0.1) is 10.1 Å². The highest BCUT2D eigenvalue weighted by atomic mass is 16.6. The smallest absolute Gasteiger partial charge is 0.273 e. The van der Waals surface area contributed by atoms with Crippen LogP contribution in [-0.4, -0.2) is 28.8 Å². The average Bonchev–Trinajstić information content (AvgIpc) is 2.61. The summed E-state index contributed by atoms with van der Waals surface area (Å²) in [7, 11) is 1.78. The summed E-state index contributed by atoms with van der Waals surface area (Å²) in [5.41, 5.74) is 2.60. The van der Waals surface area contributed by atoms with Crippen LogP contribution in [-0.2, 0) is 17.8 Å². The van der Waals surface area contributed by atoms with E-state index in [2.05, 4.69) is 12.2 Å². The quantitative estimate of drug-likeness (QED) is 0.616.